The standard InChI is InChI=1S/C16H30N2O3/c1-13(2)17-16(15(19)20-3)7-4-5-14(16)6-8-18-9-11-21-12-10-18/h13-14,17H,4-12H2,1-3H3. The van der Waals surface area contributed by atoms with Crippen LogP contribution in [0.5, 0.6) is 0 Å². The van der Waals surface area contributed by atoms with Crippen molar-refractivity contribution in [2.75, 3.05) is 40.0 Å². The summed E-state index contributed by atoms with van der Waals surface area (Å²) >= 11 is 0. The quantitative estimate of drug-likeness (QED) is 0.752. The molecule has 0 aromatic heterocycles. The van der Waals surface area contributed by atoms with Crippen LogP contribution in [0.1, 0.15) is 39.5 Å². The van der Waals surface area contributed by atoms with E-state index in [1.807, 2.05) is 0 Å². The Balaban J connectivity index is 1.99. The summed E-state index contributed by atoms with van der Waals surface area (Å²) in [6.45, 7) is 8.93. The number of carbonyl (C=O) groups excluding carboxylic acids is 1. The van der Waals surface area contributed by atoms with Crippen LogP contribution >= 0.6 is 0 Å². The minimum Gasteiger partial charge on any atom is -0.468 e. The van der Waals surface area contributed by atoms with Crippen LogP contribution in [0.2, 0.25) is 0 Å². The molecule has 2 aliphatic rings. The highest BCUT2D eigenvalue weighted by molar-refractivity contribution is 5.81. The molecule has 0 bridgehead atoms. The number of hydrogen-bond donors (Lipinski definition) is 1. The molecule has 0 spiro atoms. The molecule has 2 fully saturated rings. The highest BCUT2D eigenvalue weighted by atomic mass is 16.5. The number of methoxy groups -OCH3 is 1. The highest BCUT2D eigenvalue weighted by Crippen LogP contribution is 2.39. The maximum atomic E-state index is 12.4. The Morgan fingerprint density at radius 1 is 1.43 bits per heavy atom. The Hall–Kier alpha value is -0.650. The Labute approximate surface area is 128 Å². The van der Waals surface area contributed by atoms with Crippen LogP contribution in [0.15, 0.2) is 0 Å². The fraction of sp³-hybridized carbons (Fsp3) is 0.938. The van der Waals surface area contributed by atoms with Crippen molar-refractivity contribution >= 4 is 5.97 Å². The lowest BCUT2D eigenvalue weighted by Crippen LogP contribution is -2.58. The first-order valence-electron chi connectivity index (χ1n) is 8.24. The van der Waals surface area contributed by atoms with E-state index in [1.165, 1.54) is 7.11 Å². The first-order chi connectivity index (χ1) is 10.1. The SMILES string of the molecule is COC(=O)C1(NC(C)C)CCCC1CCN1CCOCC1. The summed E-state index contributed by atoms with van der Waals surface area (Å²) in [7, 11) is 1.50. The minimum atomic E-state index is -0.477. The van der Waals surface area contributed by atoms with E-state index in [0.29, 0.717) is 5.92 Å². The summed E-state index contributed by atoms with van der Waals surface area (Å²) in [5.41, 5.74) is -0.477. The molecule has 0 aromatic carbocycles. The molecular weight excluding hydrogens is 268 g/mol. The Morgan fingerprint density at radius 2 is 2.14 bits per heavy atom. The number of esters is 1. The Bertz CT molecular complexity index is 342. The van der Waals surface area contributed by atoms with Gasteiger partial charge in [0, 0.05) is 19.1 Å². The predicted molar refractivity (Wildman–Crippen MR) is 82.2 cm³/mol. The van der Waals surface area contributed by atoms with E-state index in [1.54, 1.807) is 0 Å². The van der Waals surface area contributed by atoms with E-state index in [0.717, 1.165) is 58.5 Å². The summed E-state index contributed by atoms with van der Waals surface area (Å²) in [6, 6.07) is 0.285. The van der Waals surface area contributed by atoms with Crippen molar-refractivity contribution in [1.29, 1.82) is 0 Å². The summed E-state index contributed by atoms with van der Waals surface area (Å²) in [5, 5.41) is 3.53. The molecule has 122 valence electrons. The number of rotatable bonds is 6. The first kappa shape index (κ1) is 16.7. The molecule has 1 N–H and O–H groups in total. The third kappa shape index (κ3) is 3.96. The molecular formula is C16H30N2O3. The molecule has 5 nitrogen and oxygen atoms in total. The van der Waals surface area contributed by atoms with E-state index in [-0.39, 0.29) is 12.0 Å². The molecule has 1 aliphatic carbocycles. The van der Waals surface area contributed by atoms with E-state index < -0.39 is 5.54 Å². The van der Waals surface area contributed by atoms with Crippen molar-refractivity contribution in [2.45, 2.75) is 51.1 Å². The van der Waals surface area contributed by atoms with Crippen LogP contribution in [0.4, 0.5) is 0 Å². The van der Waals surface area contributed by atoms with E-state index in [4.69, 9.17) is 9.47 Å². The molecule has 0 amide bonds. The maximum absolute atomic E-state index is 12.4. The molecule has 1 saturated carbocycles. The van der Waals surface area contributed by atoms with Gasteiger partial charge in [0.2, 0.25) is 0 Å². The summed E-state index contributed by atoms with van der Waals surface area (Å²) < 4.78 is 10.5. The van der Waals surface area contributed by atoms with Crippen LogP contribution < -0.4 is 5.32 Å². The molecule has 0 aromatic rings. The van der Waals surface area contributed by atoms with Gasteiger partial charge in [-0.2, -0.15) is 0 Å². The highest BCUT2D eigenvalue weighted by Gasteiger charge is 2.49. The van der Waals surface area contributed by atoms with Crippen molar-refractivity contribution in [3.05, 3.63) is 0 Å². The Morgan fingerprint density at radius 3 is 2.76 bits per heavy atom. The van der Waals surface area contributed by atoms with Gasteiger partial charge >= 0.3 is 5.97 Å². The fourth-order valence-corrected chi connectivity index (χ4v) is 3.85. The van der Waals surface area contributed by atoms with Crippen LogP contribution in [-0.2, 0) is 14.3 Å². The average molecular weight is 298 g/mol. The van der Waals surface area contributed by atoms with Gasteiger partial charge in [0.05, 0.1) is 20.3 Å². The third-order valence-electron chi connectivity index (χ3n) is 4.81. The third-order valence-corrected chi connectivity index (χ3v) is 4.81. The van der Waals surface area contributed by atoms with Crippen molar-refractivity contribution in [3.8, 4) is 0 Å². The van der Waals surface area contributed by atoms with Gasteiger partial charge in [0.25, 0.3) is 0 Å². The maximum Gasteiger partial charge on any atom is 0.326 e. The monoisotopic (exact) mass is 298 g/mol. The normalized spacial score (nSPS) is 30.8. The van der Waals surface area contributed by atoms with Crippen LogP contribution in [0.25, 0.3) is 0 Å². The number of nitrogens with one attached hydrogen (secondary N) is 1. The fourth-order valence-electron chi connectivity index (χ4n) is 3.85. The van der Waals surface area contributed by atoms with Crippen LogP contribution in [-0.4, -0.2) is 62.4 Å². The molecule has 2 rings (SSSR count). The number of morpholine rings is 1. The summed E-state index contributed by atoms with van der Waals surface area (Å²) in [4.78, 5) is 14.9. The van der Waals surface area contributed by atoms with Gasteiger partial charge in [-0.05, 0) is 45.6 Å². The lowest BCUT2D eigenvalue weighted by atomic mass is 9.83. The molecule has 2 atom stereocenters. The predicted octanol–water partition coefficient (Wildman–Crippen LogP) is 1.42. The largest absolute Gasteiger partial charge is 0.468 e. The molecule has 1 aliphatic heterocycles. The molecule has 5 heteroatoms. The lowest BCUT2D eigenvalue weighted by molar-refractivity contribution is -0.151. The average Bonchev–Trinajstić information content (AvgIpc) is 2.88. The van der Waals surface area contributed by atoms with Crippen LogP contribution in [0, 0.1) is 5.92 Å². The summed E-state index contributed by atoms with van der Waals surface area (Å²) in [5.74, 6) is 0.288. The van der Waals surface area contributed by atoms with E-state index in [9.17, 15) is 4.79 Å². The van der Waals surface area contributed by atoms with Crippen LogP contribution in [0.3, 0.4) is 0 Å². The van der Waals surface area contributed by atoms with Crippen molar-refractivity contribution in [2.24, 2.45) is 5.92 Å². The molecule has 1 saturated heterocycles. The number of carbonyl (C=O) groups is 1. The second-order valence-electron chi connectivity index (χ2n) is 6.59. The second-order valence-corrected chi connectivity index (χ2v) is 6.59. The molecule has 21 heavy (non-hydrogen) atoms. The smallest absolute Gasteiger partial charge is 0.326 e. The van der Waals surface area contributed by atoms with Crippen molar-refractivity contribution in [3.63, 3.8) is 0 Å². The lowest BCUT2D eigenvalue weighted by Gasteiger charge is -2.37. The van der Waals surface area contributed by atoms with Gasteiger partial charge in [-0.1, -0.05) is 6.42 Å². The van der Waals surface area contributed by atoms with Gasteiger partial charge in [-0.25, -0.2) is 0 Å². The molecule has 0 radical (unpaired) electrons. The van der Waals surface area contributed by atoms with E-state index >= 15 is 0 Å². The van der Waals surface area contributed by atoms with Gasteiger partial charge in [0.15, 0.2) is 0 Å². The number of nitrogens with zero attached hydrogens (tertiary/aromatic N) is 1. The van der Waals surface area contributed by atoms with E-state index in [2.05, 4.69) is 24.1 Å². The van der Waals surface area contributed by atoms with Gasteiger partial charge in [-0.3, -0.25) is 15.0 Å². The topological polar surface area (TPSA) is 50.8 Å². The van der Waals surface area contributed by atoms with Gasteiger partial charge < -0.3 is 9.47 Å². The zero-order valence-corrected chi connectivity index (χ0v) is 13.7. The molecule has 1 heterocycles. The Kier molecular flexibility index (Phi) is 6.02. The molecule has 2 unspecified atom stereocenters. The first-order valence-corrected chi connectivity index (χ1v) is 8.24. The minimum absolute atomic E-state index is 0.0827. The second kappa shape index (κ2) is 7.56. The number of hydrogen-bond acceptors (Lipinski definition) is 5. The summed E-state index contributed by atoms with van der Waals surface area (Å²) in [6.07, 6.45) is 4.15. The van der Waals surface area contributed by atoms with Gasteiger partial charge in [-0.15, -0.1) is 0 Å². The zero-order chi connectivity index (χ0) is 15.3. The van der Waals surface area contributed by atoms with Gasteiger partial charge in [0.1, 0.15) is 5.54 Å². The van der Waals surface area contributed by atoms with Crippen molar-refractivity contribution in [1.82, 2.24) is 10.2 Å². The number of ether oxygens (including phenoxy) is 2. The zero-order valence-electron chi connectivity index (χ0n) is 13.7. The van der Waals surface area contributed by atoms with Crippen molar-refractivity contribution < 1.29 is 14.3 Å².